The molecule has 1 aliphatic rings. The van der Waals surface area contributed by atoms with Crippen molar-refractivity contribution in [3.63, 3.8) is 0 Å². The molecule has 20 rings (SSSR count). The van der Waals surface area contributed by atoms with Crippen molar-refractivity contribution >= 4 is 101 Å². The molecule has 19 aromatic rings. The van der Waals surface area contributed by atoms with Crippen molar-refractivity contribution in [1.29, 1.82) is 0 Å². The summed E-state index contributed by atoms with van der Waals surface area (Å²) in [5.41, 5.74) is 20.6. The van der Waals surface area contributed by atoms with Crippen LogP contribution in [0.25, 0.3) is 167 Å². The first-order valence-corrected chi connectivity index (χ1v) is 36.8. The van der Waals surface area contributed by atoms with Crippen LogP contribution in [0.15, 0.2) is 250 Å². The van der Waals surface area contributed by atoms with Crippen molar-refractivity contribution in [2.45, 2.75) is 33.1 Å². The maximum Gasteiger partial charge on any atom is 0.255 e. The third-order valence-electron chi connectivity index (χ3n) is 19.6. The lowest BCUT2D eigenvalue weighted by atomic mass is 10.0. The van der Waals surface area contributed by atoms with Crippen LogP contribution in [0.5, 0.6) is 0 Å². The third-order valence-corrected chi connectivity index (χ3v) is 19.6. The van der Waals surface area contributed by atoms with Gasteiger partial charge in [0.25, 0.3) is 5.91 Å². The lowest BCUT2D eigenvalue weighted by molar-refractivity contribution is -0.117. The average Bonchev–Trinajstić information content (AvgIpc) is 1.63. The number of hydrogen-bond donors (Lipinski definition) is 9. The Bertz CT molecular complexity index is 6940. The predicted molar refractivity (Wildman–Crippen MR) is 437 cm³/mol. The van der Waals surface area contributed by atoms with Crippen LogP contribution in [0.3, 0.4) is 0 Å². The van der Waals surface area contributed by atoms with Gasteiger partial charge in [-0.15, -0.1) is 0 Å². The first-order valence-electron chi connectivity index (χ1n) is 36.8. The normalized spacial score (nSPS) is 12.0. The van der Waals surface area contributed by atoms with Crippen LogP contribution in [0.2, 0.25) is 0 Å². The molecule has 27 heteroatoms. The average molecular weight is 1520 g/mol. The molecule has 115 heavy (non-hydrogen) atoms. The fourth-order valence-electron chi connectivity index (χ4n) is 13.8. The lowest BCUT2D eigenvalue weighted by Crippen LogP contribution is -2.13. The van der Waals surface area contributed by atoms with E-state index in [0.717, 1.165) is 112 Å². The Morgan fingerprint density at radius 1 is 0.383 bits per heavy atom. The van der Waals surface area contributed by atoms with Crippen LogP contribution in [0.1, 0.15) is 43.5 Å². The molecule has 560 valence electrons. The van der Waals surface area contributed by atoms with Gasteiger partial charge in [-0.25, -0.2) is 28.1 Å². The maximum absolute atomic E-state index is 14.5. The smallest absolute Gasteiger partial charge is 0.255 e. The number of H-pyrrole nitrogens is 6. The number of carbonyl (C=O) groups excluding carboxylic acids is 3. The van der Waals surface area contributed by atoms with E-state index in [-0.39, 0.29) is 47.0 Å². The Balaban J connectivity index is 0.000000120. The van der Waals surface area contributed by atoms with Gasteiger partial charge in [0.05, 0.1) is 98.4 Å². The quantitative estimate of drug-likeness (QED) is 0.0434. The molecule has 0 aliphatic heterocycles. The van der Waals surface area contributed by atoms with Crippen LogP contribution in [0.4, 0.5) is 30.2 Å². The van der Waals surface area contributed by atoms with Gasteiger partial charge in [0.1, 0.15) is 40.1 Å². The van der Waals surface area contributed by atoms with Crippen molar-refractivity contribution < 1.29 is 27.6 Å². The number of halogens is 3. The Labute approximate surface area is 650 Å². The highest BCUT2D eigenvalue weighted by Crippen LogP contribution is 2.39. The van der Waals surface area contributed by atoms with E-state index in [1.165, 1.54) is 30.3 Å². The fraction of sp³-hybridized carbons (Fsp3) is 0.0795. The molecule has 24 nitrogen and oxygen atoms in total. The molecule has 0 spiro atoms. The van der Waals surface area contributed by atoms with E-state index in [4.69, 9.17) is 15.0 Å². The van der Waals surface area contributed by atoms with Crippen molar-refractivity contribution in [2.75, 3.05) is 16.0 Å². The number of benzene rings is 7. The number of carbonyl (C=O) groups is 3. The molecule has 0 unspecified atom stereocenters. The molecule has 0 saturated heterocycles. The Hall–Kier alpha value is -15.5. The van der Waals surface area contributed by atoms with Gasteiger partial charge in [-0.1, -0.05) is 92.7 Å². The van der Waals surface area contributed by atoms with Gasteiger partial charge in [-0.3, -0.25) is 59.6 Å². The third kappa shape index (κ3) is 14.8. The number of rotatable bonds is 16. The van der Waals surface area contributed by atoms with E-state index in [0.29, 0.717) is 96.8 Å². The standard InChI is InChI=1S/C31H20FN7O.C29H24FN7O.C28H20FN7O/c32-22-9-6-18(7-10-22)25-16-34-17-27-28(25)37-30(36-27)29-24-13-20(8-11-26(24)38-39-29)21-12-23(15-33-14-21)35-31(40)19-4-2-1-3-5-19;1-16(2)9-26(38)33-19-10-18(12-31-13-19)17-7-8-24-21(11-17)28(37-36-24)29-34-25-15-32-14-22(27(25)35-29)20-5-3-4-6-23(20)30;29-19-3-1-2-17(8-19)22-13-31-14-24-25(22)34-27(33-24)26-21-10-16(6-7-23(21)35-36-26)18-9-20(12-30-11-18)32-28(37)15-4-5-15/h1-17H,(H,35,40)(H,36,37)(H,38,39);3-8,10-16H,9H2,1-2H3,(H,33,38)(H,34,35)(H,36,37);1-3,6-15H,4-5H2,(H,32,37)(H,33,34)(H,35,36). The number of aromatic nitrogens is 18. The molecule has 0 atom stereocenters. The number of aromatic amines is 6. The second kappa shape index (κ2) is 30.4. The molecule has 0 bridgehead atoms. The van der Waals surface area contributed by atoms with Gasteiger partial charge in [-0.05, 0) is 144 Å². The number of fused-ring (bicyclic) bond motifs is 6. The largest absolute Gasteiger partial charge is 0.335 e. The van der Waals surface area contributed by atoms with Crippen LogP contribution in [-0.4, -0.2) is 108 Å². The Morgan fingerprint density at radius 2 is 0.826 bits per heavy atom. The van der Waals surface area contributed by atoms with Crippen molar-refractivity contribution in [3.8, 4) is 101 Å². The Morgan fingerprint density at radius 3 is 1.31 bits per heavy atom. The summed E-state index contributed by atoms with van der Waals surface area (Å²) in [6, 6.07) is 51.8. The van der Waals surface area contributed by atoms with E-state index in [9.17, 15) is 27.6 Å². The summed E-state index contributed by atoms with van der Waals surface area (Å²) in [5, 5.41) is 34.2. The molecular formula is C88H64F3N21O3. The number of hydrogen-bond acceptors (Lipinski definition) is 15. The summed E-state index contributed by atoms with van der Waals surface area (Å²) in [5.74, 6) is 0.935. The first-order chi connectivity index (χ1) is 56.2. The number of imidazole rings is 3. The van der Waals surface area contributed by atoms with Gasteiger partial charge >= 0.3 is 0 Å². The molecular weight excluding hydrogens is 1460 g/mol. The van der Waals surface area contributed by atoms with Crippen molar-refractivity contribution in [2.24, 2.45) is 11.8 Å². The highest BCUT2D eigenvalue weighted by molar-refractivity contribution is 6.06. The zero-order chi connectivity index (χ0) is 78.2. The van der Waals surface area contributed by atoms with E-state index in [2.05, 4.69) is 91.4 Å². The molecule has 9 N–H and O–H groups in total. The minimum atomic E-state index is -0.336. The fourth-order valence-corrected chi connectivity index (χ4v) is 13.8. The number of nitrogens with zero attached hydrogens (tertiary/aromatic N) is 12. The number of nitrogens with one attached hydrogen (secondary N) is 9. The molecule has 3 amide bonds. The van der Waals surface area contributed by atoms with E-state index < -0.39 is 0 Å². The first kappa shape index (κ1) is 71.1. The zero-order valence-corrected chi connectivity index (χ0v) is 61.2. The highest BCUT2D eigenvalue weighted by atomic mass is 19.1. The zero-order valence-electron chi connectivity index (χ0n) is 61.2. The Kier molecular flexibility index (Phi) is 18.8. The van der Waals surface area contributed by atoms with Crippen LogP contribution in [0, 0.1) is 29.3 Å². The van der Waals surface area contributed by atoms with Crippen molar-refractivity contribution in [1.82, 2.24) is 90.4 Å². The van der Waals surface area contributed by atoms with Gasteiger partial charge in [-0.2, -0.15) is 15.3 Å². The summed E-state index contributed by atoms with van der Waals surface area (Å²) in [6.45, 7) is 4.01. The number of anilines is 3. The predicted octanol–water partition coefficient (Wildman–Crippen LogP) is 18.7. The topological polar surface area (TPSA) is 337 Å². The summed E-state index contributed by atoms with van der Waals surface area (Å²) < 4.78 is 41.9. The van der Waals surface area contributed by atoms with Crippen LogP contribution >= 0.6 is 0 Å². The van der Waals surface area contributed by atoms with Crippen molar-refractivity contribution in [3.05, 3.63) is 273 Å². The minimum Gasteiger partial charge on any atom is -0.335 e. The molecule has 12 heterocycles. The molecule has 1 aliphatic carbocycles. The molecule has 1 saturated carbocycles. The summed E-state index contributed by atoms with van der Waals surface area (Å²) in [4.78, 5) is 87.4. The second-order valence-electron chi connectivity index (χ2n) is 28.1. The van der Waals surface area contributed by atoms with Gasteiger partial charge in [0.15, 0.2) is 17.5 Å². The van der Waals surface area contributed by atoms with Crippen LogP contribution < -0.4 is 16.0 Å². The highest BCUT2D eigenvalue weighted by Gasteiger charge is 2.30. The maximum atomic E-state index is 14.5. The molecule has 0 radical (unpaired) electrons. The molecule has 7 aromatic carbocycles. The van der Waals surface area contributed by atoms with E-state index in [1.807, 2.05) is 111 Å². The van der Waals surface area contributed by atoms with Gasteiger partial charge < -0.3 is 30.9 Å². The summed E-state index contributed by atoms with van der Waals surface area (Å²) in [7, 11) is 0. The minimum absolute atomic E-state index is 0.0411. The van der Waals surface area contributed by atoms with E-state index in [1.54, 1.807) is 123 Å². The number of amides is 3. The van der Waals surface area contributed by atoms with Gasteiger partial charge in [0.2, 0.25) is 11.8 Å². The van der Waals surface area contributed by atoms with Crippen LogP contribution in [-0.2, 0) is 9.59 Å². The lowest BCUT2D eigenvalue weighted by Gasteiger charge is -2.09. The number of pyridine rings is 6. The van der Waals surface area contributed by atoms with Gasteiger partial charge in [0, 0.05) is 110 Å². The van der Waals surface area contributed by atoms with E-state index >= 15 is 0 Å². The summed E-state index contributed by atoms with van der Waals surface area (Å²) >= 11 is 0. The molecule has 1 fully saturated rings. The summed E-state index contributed by atoms with van der Waals surface area (Å²) in [6.07, 6.45) is 22.6. The monoisotopic (exact) mass is 1520 g/mol. The molecule has 12 aromatic heterocycles. The SMILES string of the molecule is CC(C)CC(=O)Nc1cncc(-c2ccc3[nH]nc(-c4nc5c(-c6ccccc6F)cncc5[nH]4)c3c2)c1.O=C(Nc1cncc(-c2ccc3[nH]nc(-c4nc5c(-c6ccc(F)cc6)cncc5[nH]4)c3c2)c1)c1ccccc1.O=C(Nc1cncc(-c2ccc3[nH]nc(-c4nc5c(-c6cccc(F)c6)cncc5[nH]4)c3c2)c1)C1CC1. The second-order valence-corrected chi connectivity index (χ2v) is 28.1.